The Morgan fingerprint density at radius 3 is 2.68 bits per heavy atom. The zero-order valence-electron chi connectivity index (χ0n) is 17.2. The maximum absolute atomic E-state index is 13.1. The fourth-order valence-electron chi connectivity index (χ4n) is 3.25. The number of rotatable bonds is 12. The lowest BCUT2D eigenvalue weighted by atomic mass is 10.1. The molecule has 0 saturated heterocycles. The van der Waals surface area contributed by atoms with E-state index in [0.717, 1.165) is 33.6 Å². The summed E-state index contributed by atoms with van der Waals surface area (Å²) in [6, 6.07) is 9.94. The van der Waals surface area contributed by atoms with Gasteiger partial charge in [0, 0.05) is 26.1 Å². The Labute approximate surface area is 183 Å². The number of benzene rings is 2. The number of phenols is 1. The highest BCUT2D eigenvalue weighted by Gasteiger charge is 2.09. The Morgan fingerprint density at radius 2 is 1.84 bits per heavy atom. The molecule has 1 amide bonds. The lowest BCUT2D eigenvalue weighted by molar-refractivity contribution is -0.120. The molecule has 0 saturated carbocycles. The highest BCUT2D eigenvalue weighted by Crippen LogP contribution is 2.27. The van der Waals surface area contributed by atoms with Crippen molar-refractivity contribution in [3.8, 4) is 5.75 Å². The largest absolute Gasteiger partial charge is 0.506 e. The predicted octanol–water partition coefficient (Wildman–Crippen LogP) is 1.90. The molecule has 0 aliphatic carbocycles. The van der Waals surface area contributed by atoms with Gasteiger partial charge in [-0.05, 0) is 55.3 Å². The quantitative estimate of drug-likeness (QED) is 0.273. The second-order valence-corrected chi connectivity index (χ2v) is 8.18. The van der Waals surface area contributed by atoms with Crippen LogP contribution in [-0.2, 0) is 17.6 Å². The van der Waals surface area contributed by atoms with Crippen LogP contribution >= 0.6 is 11.3 Å². The fourth-order valence-corrected chi connectivity index (χ4v) is 4.15. The molecule has 0 spiro atoms. The van der Waals surface area contributed by atoms with Gasteiger partial charge < -0.3 is 26.0 Å². The highest BCUT2D eigenvalue weighted by molar-refractivity contribution is 7.16. The second kappa shape index (κ2) is 11.6. The highest BCUT2D eigenvalue weighted by atomic mass is 32.1. The zero-order chi connectivity index (χ0) is 22.1. The van der Waals surface area contributed by atoms with E-state index in [1.165, 1.54) is 12.1 Å². The fraction of sp³-hybridized carbons (Fsp3) is 0.364. The number of halogens is 1. The number of phenolic OH excluding ortho intramolecular Hbond substituents is 1. The molecular formula is C22H27FN4O3S. The number of aromatic nitrogens is 1. The number of carbonyl (C=O) groups excluding carboxylic acids is 1. The van der Waals surface area contributed by atoms with E-state index in [-0.39, 0.29) is 22.3 Å². The molecule has 7 nitrogen and oxygen atoms in total. The van der Waals surface area contributed by atoms with Crippen molar-refractivity contribution in [2.75, 3.05) is 32.7 Å². The van der Waals surface area contributed by atoms with Crippen LogP contribution in [0.2, 0.25) is 0 Å². The van der Waals surface area contributed by atoms with E-state index in [1.54, 1.807) is 12.1 Å². The van der Waals surface area contributed by atoms with Crippen LogP contribution in [0.15, 0.2) is 41.2 Å². The average molecular weight is 447 g/mol. The van der Waals surface area contributed by atoms with Crippen molar-refractivity contribution in [3.63, 3.8) is 0 Å². The van der Waals surface area contributed by atoms with E-state index in [0.29, 0.717) is 51.1 Å². The maximum atomic E-state index is 13.1. The van der Waals surface area contributed by atoms with Gasteiger partial charge in [0.15, 0.2) is 0 Å². The first kappa shape index (κ1) is 22.9. The summed E-state index contributed by atoms with van der Waals surface area (Å²) >= 11 is 1.10. The number of aromatic hydroxyl groups is 1. The van der Waals surface area contributed by atoms with E-state index >= 15 is 0 Å². The van der Waals surface area contributed by atoms with Crippen molar-refractivity contribution in [1.82, 2.24) is 20.9 Å². The molecule has 3 rings (SSSR count). The molecule has 5 N–H and O–H groups in total. The van der Waals surface area contributed by atoms with Crippen LogP contribution in [0.25, 0.3) is 10.2 Å². The summed E-state index contributed by atoms with van der Waals surface area (Å²) in [5.41, 5.74) is 2.42. The third-order valence-corrected chi connectivity index (χ3v) is 5.80. The molecule has 1 aromatic heterocycles. The smallest absolute Gasteiger partial charge is 0.305 e. The van der Waals surface area contributed by atoms with E-state index in [9.17, 15) is 19.1 Å². The molecule has 1 heterocycles. The number of nitrogens with one attached hydrogen (secondary N) is 4. The van der Waals surface area contributed by atoms with Crippen LogP contribution in [0.5, 0.6) is 5.75 Å². The maximum Gasteiger partial charge on any atom is 0.305 e. The van der Waals surface area contributed by atoms with E-state index < -0.39 is 0 Å². The van der Waals surface area contributed by atoms with Gasteiger partial charge in [-0.3, -0.25) is 9.59 Å². The van der Waals surface area contributed by atoms with Gasteiger partial charge in [0.25, 0.3) is 0 Å². The van der Waals surface area contributed by atoms with Crippen molar-refractivity contribution in [2.45, 2.75) is 19.3 Å². The van der Waals surface area contributed by atoms with Crippen LogP contribution < -0.4 is 20.8 Å². The normalized spacial score (nSPS) is 11.1. The topological polar surface area (TPSA) is 106 Å². The predicted molar refractivity (Wildman–Crippen MR) is 121 cm³/mol. The minimum absolute atomic E-state index is 0.0163. The SMILES string of the molecule is O=C(CCNCCc1cccc(F)c1)NCCNCCc1ccc(O)c2[nH]c(=O)sc12. The lowest BCUT2D eigenvalue weighted by Gasteiger charge is -2.08. The number of fused-ring (bicyclic) bond motifs is 1. The van der Waals surface area contributed by atoms with Gasteiger partial charge in [-0.15, -0.1) is 0 Å². The summed E-state index contributed by atoms with van der Waals surface area (Å²) in [6.07, 6.45) is 1.82. The van der Waals surface area contributed by atoms with Gasteiger partial charge in [-0.1, -0.05) is 29.5 Å². The molecule has 0 aliphatic rings. The Morgan fingerprint density at radius 1 is 1.03 bits per heavy atom. The minimum Gasteiger partial charge on any atom is -0.506 e. The van der Waals surface area contributed by atoms with Crippen molar-refractivity contribution in [2.24, 2.45) is 0 Å². The van der Waals surface area contributed by atoms with Crippen molar-refractivity contribution in [1.29, 1.82) is 0 Å². The Hall–Kier alpha value is -2.75. The van der Waals surface area contributed by atoms with Crippen LogP contribution in [0.4, 0.5) is 4.39 Å². The molecular weight excluding hydrogens is 419 g/mol. The zero-order valence-corrected chi connectivity index (χ0v) is 18.0. The summed E-state index contributed by atoms with van der Waals surface area (Å²) in [5.74, 6) is -0.169. The molecule has 0 aliphatic heterocycles. The monoisotopic (exact) mass is 446 g/mol. The first-order valence-electron chi connectivity index (χ1n) is 10.3. The number of H-pyrrole nitrogens is 1. The number of amides is 1. The summed E-state index contributed by atoms with van der Waals surface area (Å²) in [4.78, 5) is 25.9. The van der Waals surface area contributed by atoms with Crippen LogP contribution in [0, 0.1) is 5.82 Å². The summed E-state index contributed by atoms with van der Waals surface area (Å²) < 4.78 is 13.9. The van der Waals surface area contributed by atoms with E-state index in [1.807, 2.05) is 12.1 Å². The summed E-state index contributed by atoms with van der Waals surface area (Å²) in [7, 11) is 0. The molecule has 0 fully saturated rings. The lowest BCUT2D eigenvalue weighted by Crippen LogP contribution is -2.34. The number of aromatic amines is 1. The van der Waals surface area contributed by atoms with Gasteiger partial charge in [-0.2, -0.15) is 0 Å². The van der Waals surface area contributed by atoms with Crippen LogP contribution in [0.1, 0.15) is 17.5 Å². The van der Waals surface area contributed by atoms with Crippen LogP contribution in [0.3, 0.4) is 0 Å². The third-order valence-electron chi connectivity index (χ3n) is 4.84. The van der Waals surface area contributed by atoms with E-state index in [2.05, 4.69) is 20.9 Å². The summed E-state index contributed by atoms with van der Waals surface area (Å²) in [5, 5.41) is 19.1. The molecule has 2 aromatic carbocycles. The second-order valence-electron chi connectivity index (χ2n) is 7.19. The molecule has 0 radical (unpaired) electrons. The first-order valence-corrected chi connectivity index (χ1v) is 11.1. The third kappa shape index (κ3) is 7.16. The van der Waals surface area contributed by atoms with E-state index in [4.69, 9.17) is 0 Å². The van der Waals surface area contributed by atoms with Gasteiger partial charge in [0.2, 0.25) is 5.91 Å². The van der Waals surface area contributed by atoms with Crippen LogP contribution in [-0.4, -0.2) is 48.7 Å². The molecule has 166 valence electrons. The Bertz CT molecular complexity index is 1070. The molecule has 0 atom stereocenters. The van der Waals surface area contributed by atoms with Gasteiger partial charge in [0.1, 0.15) is 17.1 Å². The summed E-state index contributed by atoms with van der Waals surface area (Å²) in [6.45, 7) is 3.14. The molecule has 9 heteroatoms. The minimum atomic E-state index is -0.233. The molecule has 0 unspecified atom stereocenters. The van der Waals surface area contributed by atoms with Gasteiger partial charge in [-0.25, -0.2) is 4.39 Å². The molecule has 0 bridgehead atoms. The number of carbonyl (C=O) groups is 1. The standard InChI is InChI=1S/C22H27FN4O3S/c23-17-3-1-2-15(14-17)6-9-24-11-8-19(29)26-13-12-25-10-7-16-4-5-18(28)20-21(16)31-22(30)27-20/h1-5,14,24-25,28H,6-13H2,(H,26,29)(H,27,30). The molecule has 3 aromatic rings. The molecule has 31 heavy (non-hydrogen) atoms. The number of hydrogen-bond acceptors (Lipinski definition) is 6. The van der Waals surface area contributed by atoms with Gasteiger partial charge >= 0.3 is 4.87 Å². The average Bonchev–Trinajstić information content (AvgIpc) is 3.14. The first-order chi connectivity index (χ1) is 15.0. The van der Waals surface area contributed by atoms with Gasteiger partial charge in [0.05, 0.1) is 4.70 Å². The number of thiazole rings is 1. The number of hydrogen-bond donors (Lipinski definition) is 5. The Balaban J connectivity index is 1.24. The van der Waals surface area contributed by atoms with Crippen molar-refractivity contribution < 1.29 is 14.3 Å². The van der Waals surface area contributed by atoms with Crippen molar-refractivity contribution >= 4 is 27.5 Å². The van der Waals surface area contributed by atoms with Crippen molar-refractivity contribution in [3.05, 3.63) is 63.0 Å². The Kier molecular flexibility index (Phi) is 8.57.